The maximum Gasteiger partial charge on any atom is 0.255 e. The number of nitrogens with zero attached hydrogens (tertiary/aromatic N) is 1. The lowest BCUT2D eigenvalue weighted by Crippen LogP contribution is -2.32. The van der Waals surface area contributed by atoms with E-state index in [1.165, 1.54) is 7.11 Å². The molecule has 1 atom stereocenters. The number of amides is 2. The Kier molecular flexibility index (Phi) is 6.77. The van der Waals surface area contributed by atoms with E-state index in [0.29, 0.717) is 41.8 Å². The van der Waals surface area contributed by atoms with Crippen molar-refractivity contribution >= 4 is 17.5 Å². The number of hydrogen-bond donors (Lipinski definition) is 1. The van der Waals surface area contributed by atoms with Gasteiger partial charge in [-0.1, -0.05) is 24.3 Å². The van der Waals surface area contributed by atoms with Gasteiger partial charge in [0.1, 0.15) is 11.6 Å². The van der Waals surface area contributed by atoms with Crippen LogP contribution in [0.15, 0.2) is 60.7 Å². The van der Waals surface area contributed by atoms with E-state index in [1.54, 1.807) is 35.2 Å². The standard InChI is InChI=1S/C26H24F2N2O4/c1-3-34-23-11-8-16(12-24(23)33-2)22(30-15-17-6-4-5-7-19(17)26(30)32)14-25(31)29-21-10-9-18(27)13-20(21)28/h4-13,22H,3,14-15H2,1-2H3,(H,29,31). The number of anilines is 1. The molecule has 4 rings (SSSR count). The van der Waals surface area contributed by atoms with E-state index in [4.69, 9.17) is 9.47 Å². The second kappa shape index (κ2) is 9.91. The second-order valence-electron chi connectivity index (χ2n) is 7.83. The SMILES string of the molecule is CCOc1ccc(C(CC(=O)Nc2ccc(F)cc2F)N2Cc3ccccc3C2=O)cc1OC. The molecule has 0 bridgehead atoms. The van der Waals surface area contributed by atoms with Crippen LogP contribution in [0, 0.1) is 11.6 Å². The van der Waals surface area contributed by atoms with Gasteiger partial charge >= 0.3 is 0 Å². The lowest BCUT2D eigenvalue weighted by Gasteiger charge is -2.28. The predicted molar refractivity (Wildman–Crippen MR) is 123 cm³/mol. The molecule has 3 aromatic carbocycles. The van der Waals surface area contributed by atoms with Crippen molar-refractivity contribution in [1.29, 1.82) is 0 Å². The third-order valence-corrected chi connectivity index (χ3v) is 5.68. The summed E-state index contributed by atoms with van der Waals surface area (Å²) in [5.74, 6) is -1.33. The molecule has 1 unspecified atom stereocenters. The van der Waals surface area contributed by atoms with Crippen LogP contribution >= 0.6 is 0 Å². The van der Waals surface area contributed by atoms with Crippen molar-refractivity contribution in [2.75, 3.05) is 19.0 Å². The van der Waals surface area contributed by atoms with Crippen LogP contribution in [-0.2, 0) is 11.3 Å². The molecule has 1 aliphatic heterocycles. The Hall–Kier alpha value is -3.94. The number of carbonyl (C=O) groups excluding carboxylic acids is 2. The van der Waals surface area contributed by atoms with Crippen molar-refractivity contribution in [3.63, 3.8) is 0 Å². The summed E-state index contributed by atoms with van der Waals surface area (Å²) in [5.41, 5.74) is 1.97. The predicted octanol–water partition coefficient (Wildman–Crippen LogP) is 5.10. The fraction of sp³-hybridized carbons (Fsp3) is 0.231. The van der Waals surface area contributed by atoms with E-state index >= 15 is 0 Å². The van der Waals surface area contributed by atoms with Crippen LogP contribution in [0.5, 0.6) is 11.5 Å². The van der Waals surface area contributed by atoms with Gasteiger partial charge in [-0.3, -0.25) is 9.59 Å². The van der Waals surface area contributed by atoms with E-state index in [1.807, 2.05) is 19.1 Å². The van der Waals surface area contributed by atoms with Gasteiger partial charge in [0.25, 0.3) is 5.91 Å². The summed E-state index contributed by atoms with van der Waals surface area (Å²) in [6.45, 7) is 2.63. The van der Waals surface area contributed by atoms with Crippen molar-refractivity contribution in [3.8, 4) is 11.5 Å². The number of nitrogens with one attached hydrogen (secondary N) is 1. The highest BCUT2D eigenvalue weighted by atomic mass is 19.1. The number of hydrogen-bond acceptors (Lipinski definition) is 4. The van der Waals surface area contributed by atoms with Gasteiger partial charge in [-0.2, -0.15) is 0 Å². The van der Waals surface area contributed by atoms with Crippen LogP contribution in [0.2, 0.25) is 0 Å². The van der Waals surface area contributed by atoms with Gasteiger partial charge in [-0.25, -0.2) is 8.78 Å². The summed E-state index contributed by atoms with van der Waals surface area (Å²) in [6, 6.07) is 14.8. The number of fused-ring (bicyclic) bond motifs is 1. The molecule has 0 saturated carbocycles. The summed E-state index contributed by atoms with van der Waals surface area (Å²) in [4.78, 5) is 27.7. The highest BCUT2D eigenvalue weighted by Gasteiger charge is 2.35. The summed E-state index contributed by atoms with van der Waals surface area (Å²) < 4.78 is 38.4. The van der Waals surface area contributed by atoms with Gasteiger partial charge in [0.15, 0.2) is 11.5 Å². The molecule has 34 heavy (non-hydrogen) atoms. The van der Waals surface area contributed by atoms with Crippen molar-refractivity contribution in [2.45, 2.75) is 25.9 Å². The lowest BCUT2D eigenvalue weighted by molar-refractivity contribution is -0.117. The second-order valence-corrected chi connectivity index (χ2v) is 7.83. The average Bonchev–Trinajstić information content (AvgIpc) is 3.16. The van der Waals surface area contributed by atoms with Crippen molar-refractivity contribution < 1.29 is 27.8 Å². The van der Waals surface area contributed by atoms with Crippen molar-refractivity contribution in [3.05, 3.63) is 89.0 Å². The van der Waals surface area contributed by atoms with Gasteiger partial charge < -0.3 is 19.7 Å². The Labute approximate surface area is 196 Å². The third kappa shape index (κ3) is 4.71. The van der Waals surface area contributed by atoms with Crippen molar-refractivity contribution in [1.82, 2.24) is 4.90 Å². The number of carbonyl (C=O) groups is 2. The Bertz CT molecular complexity index is 1230. The van der Waals surface area contributed by atoms with Crippen LogP contribution in [0.4, 0.5) is 14.5 Å². The number of benzene rings is 3. The zero-order valence-corrected chi connectivity index (χ0v) is 18.8. The molecule has 0 fully saturated rings. The zero-order chi connectivity index (χ0) is 24.2. The Morgan fingerprint density at radius 3 is 2.59 bits per heavy atom. The minimum absolute atomic E-state index is 0.134. The lowest BCUT2D eigenvalue weighted by atomic mass is 10.0. The average molecular weight is 466 g/mol. The van der Waals surface area contributed by atoms with Crippen LogP contribution in [0.25, 0.3) is 0 Å². The molecular weight excluding hydrogens is 442 g/mol. The van der Waals surface area contributed by atoms with Crippen molar-refractivity contribution in [2.24, 2.45) is 0 Å². The molecule has 6 nitrogen and oxygen atoms in total. The zero-order valence-electron chi connectivity index (χ0n) is 18.8. The summed E-state index contributed by atoms with van der Waals surface area (Å²) in [6.07, 6.45) is -0.145. The van der Waals surface area contributed by atoms with Crippen LogP contribution in [0.1, 0.15) is 40.9 Å². The normalized spacial score (nSPS) is 13.4. The third-order valence-electron chi connectivity index (χ3n) is 5.68. The highest BCUT2D eigenvalue weighted by molar-refractivity contribution is 5.99. The van der Waals surface area contributed by atoms with Gasteiger partial charge in [0, 0.05) is 18.2 Å². The summed E-state index contributed by atoms with van der Waals surface area (Å²) >= 11 is 0. The Balaban J connectivity index is 1.66. The number of halogens is 2. The fourth-order valence-electron chi connectivity index (χ4n) is 4.07. The molecule has 1 N–H and O–H groups in total. The fourth-order valence-corrected chi connectivity index (χ4v) is 4.07. The monoisotopic (exact) mass is 466 g/mol. The molecule has 0 aliphatic carbocycles. The molecule has 8 heteroatoms. The van der Waals surface area contributed by atoms with E-state index in [9.17, 15) is 18.4 Å². The highest BCUT2D eigenvalue weighted by Crippen LogP contribution is 2.37. The number of methoxy groups -OCH3 is 1. The molecule has 1 heterocycles. The first-order chi connectivity index (χ1) is 16.4. The van der Waals surface area contributed by atoms with E-state index in [0.717, 1.165) is 17.7 Å². The molecule has 0 aromatic heterocycles. The number of ether oxygens (including phenoxy) is 2. The molecule has 3 aromatic rings. The van der Waals surface area contributed by atoms with Gasteiger partial charge in [0.2, 0.25) is 5.91 Å². The number of rotatable bonds is 8. The first-order valence-corrected chi connectivity index (χ1v) is 10.9. The van der Waals surface area contributed by atoms with Crippen LogP contribution < -0.4 is 14.8 Å². The minimum Gasteiger partial charge on any atom is -0.493 e. The quantitative estimate of drug-likeness (QED) is 0.502. The molecule has 176 valence electrons. The van der Waals surface area contributed by atoms with Gasteiger partial charge in [-0.05, 0) is 48.4 Å². The van der Waals surface area contributed by atoms with Crippen LogP contribution in [-0.4, -0.2) is 30.4 Å². The topological polar surface area (TPSA) is 67.9 Å². The minimum atomic E-state index is -0.878. The first-order valence-electron chi connectivity index (χ1n) is 10.9. The largest absolute Gasteiger partial charge is 0.493 e. The smallest absolute Gasteiger partial charge is 0.255 e. The van der Waals surface area contributed by atoms with E-state index in [2.05, 4.69) is 5.32 Å². The first kappa shape index (κ1) is 23.2. The van der Waals surface area contributed by atoms with Gasteiger partial charge in [-0.15, -0.1) is 0 Å². The van der Waals surface area contributed by atoms with E-state index < -0.39 is 23.6 Å². The molecule has 0 saturated heterocycles. The molecule has 2 amide bonds. The molecule has 1 aliphatic rings. The maximum atomic E-state index is 14.1. The van der Waals surface area contributed by atoms with E-state index in [-0.39, 0.29) is 18.0 Å². The van der Waals surface area contributed by atoms with Crippen LogP contribution in [0.3, 0.4) is 0 Å². The van der Waals surface area contributed by atoms with Gasteiger partial charge in [0.05, 0.1) is 31.9 Å². The molecular formula is C26H24F2N2O4. The maximum absolute atomic E-state index is 14.1. The molecule has 0 radical (unpaired) electrons. The summed E-state index contributed by atoms with van der Waals surface area (Å²) in [5, 5.41) is 2.48. The Morgan fingerprint density at radius 1 is 1.09 bits per heavy atom. The summed E-state index contributed by atoms with van der Waals surface area (Å²) in [7, 11) is 1.51. The Morgan fingerprint density at radius 2 is 1.88 bits per heavy atom. The molecule has 0 spiro atoms.